The second kappa shape index (κ2) is 7.26. The lowest BCUT2D eigenvalue weighted by molar-refractivity contribution is -0.142. The number of hydrogen-bond donors (Lipinski definition) is 1. The van der Waals surface area contributed by atoms with Crippen LogP contribution in [0.4, 0.5) is 32.0 Å². The molecular formula is C20H14F6NOP. The Labute approximate surface area is 162 Å². The average molecular weight is 429 g/mol. The lowest BCUT2D eigenvalue weighted by Crippen LogP contribution is -2.27. The lowest BCUT2D eigenvalue weighted by Gasteiger charge is -2.23. The smallest absolute Gasteiger partial charge is 0.399 e. The number of anilines is 1. The van der Waals surface area contributed by atoms with Crippen molar-refractivity contribution in [3.8, 4) is 0 Å². The van der Waals surface area contributed by atoms with Gasteiger partial charge in [0.25, 0.3) is 0 Å². The predicted molar refractivity (Wildman–Crippen MR) is 100 cm³/mol. The van der Waals surface area contributed by atoms with E-state index in [1.165, 1.54) is 48.5 Å². The van der Waals surface area contributed by atoms with E-state index in [0.717, 1.165) is 0 Å². The molecule has 29 heavy (non-hydrogen) atoms. The van der Waals surface area contributed by atoms with Crippen LogP contribution in [0, 0.1) is 0 Å². The van der Waals surface area contributed by atoms with E-state index in [1.54, 1.807) is 6.07 Å². The van der Waals surface area contributed by atoms with Crippen LogP contribution in [0.25, 0.3) is 0 Å². The molecule has 0 fully saturated rings. The number of rotatable bonds is 3. The summed E-state index contributed by atoms with van der Waals surface area (Å²) in [6.45, 7) is 0. The van der Waals surface area contributed by atoms with Gasteiger partial charge in [0.1, 0.15) is 0 Å². The summed E-state index contributed by atoms with van der Waals surface area (Å²) in [6.07, 6.45) is -10.1. The fraction of sp³-hybridized carbons (Fsp3) is 0.100. The van der Waals surface area contributed by atoms with Gasteiger partial charge in [-0.05, 0) is 30.3 Å². The molecule has 2 N–H and O–H groups in total. The van der Waals surface area contributed by atoms with Gasteiger partial charge in [0.15, 0.2) is 7.14 Å². The van der Waals surface area contributed by atoms with Crippen molar-refractivity contribution in [1.82, 2.24) is 0 Å². The summed E-state index contributed by atoms with van der Waals surface area (Å²) in [7, 11) is -4.08. The quantitative estimate of drug-likeness (QED) is 0.364. The molecule has 0 bridgehead atoms. The van der Waals surface area contributed by atoms with E-state index in [0.29, 0.717) is 12.1 Å². The highest BCUT2D eigenvalue weighted by Crippen LogP contribution is 2.45. The molecule has 0 aliphatic carbocycles. The Morgan fingerprint density at radius 3 is 1.62 bits per heavy atom. The van der Waals surface area contributed by atoms with Crippen molar-refractivity contribution >= 4 is 28.7 Å². The molecule has 0 aliphatic heterocycles. The van der Waals surface area contributed by atoms with Gasteiger partial charge in [-0.15, -0.1) is 0 Å². The standard InChI is InChI=1S/C20H14F6NOP/c21-19(22,23)13-9-14(20(24,25)26)11-18(10-13)29(28,16-6-2-1-3-7-16)17-8-4-5-15(27)12-17/h1-12H,27H2. The lowest BCUT2D eigenvalue weighted by atomic mass is 10.1. The Morgan fingerprint density at radius 1 is 0.621 bits per heavy atom. The molecule has 0 saturated heterocycles. The average Bonchev–Trinajstić information content (AvgIpc) is 2.66. The molecule has 152 valence electrons. The maximum atomic E-state index is 14.1. The highest BCUT2D eigenvalue weighted by molar-refractivity contribution is 7.85. The Morgan fingerprint density at radius 2 is 1.14 bits per heavy atom. The third-order valence-corrected chi connectivity index (χ3v) is 7.31. The van der Waals surface area contributed by atoms with Gasteiger partial charge in [-0.3, -0.25) is 0 Å². The molecule has 0 spiro atoms. The van der Waals surface area contributed by atoms with Crippen molar-refractivity contribution in [2.45, 2.75) is 12.4 Å². The highest BCUT2D eigenvalue weighted by Gasteiger charge is 2.40. The maximum absolute atomic E-state index is 14.1. The third-order valence-electron chi connectivity index (χ3n) is 4.29. The number of benzene rings is 3. The fourth-order valence-electron chi connectivity index (χ4n) is 2.93. The van der Waals surface area contributed by atoms with Crippen LogP contribution in [0.15, 0.2) is 72.8 Å². The van der Waals surface area contributed by atoms with E-state index in [4.69, 9.17) is 5.73 Å². The minimum absolute atomic E-state index is 0.0121. The zero-order valence-corrected chi connectivity index (χ0v) is 15.5. The minimum atomic E-state index is -5.05. The predicted octanol–water partition coefficient (Wildman–Crippen LogP) is 4.95. The van der Waals surface area contributed by atoms with Crippen LogP contribution >= 0.6 is 7.14 Å². The first-order valence-corrected chi connectivity index (χ1v) is 9.95. The van der Waals surface area contributed by atoms with Gasteiger partial charge in [-0.25, -0.2) is 0 Å². The molecule has 0 amide bonds. The van der Waals surface area contributed by atoms with Crippen molar-refractivity contribution in [3.05, 3.63) is 83.9 Å². The Bertz CT molecular complexity index is 1040. The van der Waals surface area contributed by atoms with Crippen molar-refractivity contribution in [2.75, 3.05) is 5.73 Å². The zero-order valence-electron chi connectivity index (χ0n) is 14.6. The summed E-state index contributed by atoms with van der Waals surface area (Å²) in [5, 5.41) is -0.439. The van der Waals surface area contributed by atoms with Crippen LogP contribution in [-0.4, -0.2) is 0 Å². The van der Waals surface area contributed by atoms with Gasteiger partial charge < -0.3 is 10.3 Å². The number of nitrogens with two attached hydrogens (primary N) is 1. The summed E-state index contributed by atoms with van der Waals surface area (Å²) >= 11 is 0. The van der Waals surface area contributed by atoms with Crippen LogP contribution < -0.4 is 21.6 Å². The number of hydrogen-bond acceptors (Lipinski definition) is 2. The van der Waals surface area contributed by atoms with Gasteiger partial charge in [0.05, 0.1) is 11.1 Å². The number of alkyl halides is 6. The molecule has 3 aromatic rings. The molecule has 1 unspecified atom stereocenters. The Hall–Kier alpha value is -2.73. The Kier molecular flexibility index (Phi) is 5.26. The molecule has 2 nitrogen and oxygen atoms in total. The van der Waals surface area contributed by atoms with Crippen LogP contribution in [0.1, 0.15) is 11.1 Å². The molecule has 0 heterocycles. The largest absolute Gasteiger partial charge is 0.416 e. The van der Waals surface area contributed by atoms with E-state index in [1.807, 2.05) is 0 Å². The van der Waals surface area contributed by atoms with Gasteiger partial charge in [0.2, 0.25) is 0 Å². The van der Waals surface area contributed by atoms with E-state index in [9.17, 15) is 30.9 Å². The molecule has 1 atom stereocenters. The summed E-state index contributed by atoms with van der Waals surface area (Å²) in [4.78, 5) is 0. The second-order valence-electron chi connectivity index (χ2n) is 6.30. The zero-order chi connectivity index (χ0) is 21.4. The van der Waals surface area contributed by atoms with Crippen molar-refractivity contribution in [2.24, 2.45) is 0 Å². The van der Waals surface area contributed by atoms with Gasteiger partial charge in [-0.2, -0.15) is 26.3 Å². The van der Waals surface area contributed by atoms with Crippen LogP contribution in [0.2, 0.25) is 0 Å². The van der Waals surface area contributed by atoms with E-state index in [2.05, 4.69) is 0 Å². The van der Waals surface area contributed by atoms with Crippen molar-refractivity contribution in [3.63, 3.8) is 0 Å². The Balaban J connectivity index is 2.39. The SMILES string of the molecule is Nc1cccc(P(=O)(c2ccccc2)c2cc(C(F)(F)F)cc(C(F)(F)F)c2)c1. The first-order chi connectivity index (χ1) is 13.4. The topological polar surface area (TPSA) is 43.1 Å². The molecule has 0 aliphatic rings. The van der Waals surface area contributed by atoms with Crippen molar-refractivity contribution < 1.29 is 30.9 Å². The summed E-state index contributed by atoms with van der Waals surface area (Å²) < 4.78 is 94.0. The summed E-state index contributed by atoms with van der Waals surface area (Å²) in [5.41, 5.74) is 2.86. The van der Waals surface area contributed by atoms with Crippen LogP contribution in [-0.2, 0) is 16.9 Å². The first-order valence-electron chi connectivity index (χ1n) is 8.24. The second-order valence-corrected chi connectivity index (χ2v) is 9.07. The summed E-state index contributed by atoms with van der Waals surface area (Å²) in [5.74, 6) is 0. The van der Waals surface area contributed by atoms with E-state index in [-0.39, 0.29) is 22.4 Å². The molecule has 3 rings (SSSR count). The normalized spacial score (nSPS) is 14.4. The van der Waals surface area contributed by atoms with Crippen LogP contribution in [0.3, 0.4) is 0 Å². The van der Waals surface area contributed by atoms with Gasteiger partial charge >= 0.3 is 12.4 Å². The maximum Gasteiger partial charge on any atom is 0.416 e. The van der Waals surface area contributed by atoms with Crippen LogP contribution in [0.5, 0.6) is 0 Å². The van der Waals surface area contributed by atoms with E-state index >= 15 is 0 Å². The van der Waals surface area contributed by atoms with Gasteiger partial charge in [0, 0.05) is 21.6 Å². The molecular weight excluding hydrogens is 415 g/mol. The van der Waals surface area contributed by atoms with Crippen molar-refractivity contribution in [1.29, 1.82) is 0 Å². The number of nitrogen functional groups attached to an aromatic ring is 1. The first kappa shape index (κ1) is 21.0. The molecule has 0 saturated carbocycles. The monoisotopic (exact) mass is 429 g/mol. The highest BCUT2D eigenvalue weighted by atomic mass is 31.2. The molecule has 0 aromatic heterocycles. The molecule has 9 heteroatoms. The fourth-order valence-corrected chi connectivity index (χ4v) is 5.68. The van der Waals surface area contributed by atoms with Gasteiger partial charge in [-0.1, -0.05) is 42.5 Å². The minimum Gasteiger partial charge on any atom is -0.399 e. The summed E-state index contributed by atoms with van der Waals surface area (Å²) in [6, 6.07) is 14.0. The number of halogens is 6. The van der Waals surface area contributed by atoms with E-state index < -0.39 is 35.9 Å². The third kappa shape index (κ3) is 4.17. The molecule has 0 radical (unpaired) electrons. The molecule has 3 aromatic carbocycles.